The molecule has 0 aliphatic carbocycles. The van der Waals surface area contributed by atoms with Crippen LogP contribution in [-0.4, -0.2) is 157 Å². The van der Waals surface area contributed by atoms with Crippen LogP contribution in [0.3, 0.4) is 0 Å². The second kappa shape index (κ2) is 47.5. The first-order valence-electron chi connectivity index (χ1n) is 23.8. The molecule has 0 aromatic rings. The zero-order valence-corrected chi connectivity index (χ0v) is 51.6. The fraction of sp³-hybridized carbons (Fsp3) is 0.736. The predicted molar refractivity (Wildman–Crippen MR) is 326 cm³/mol. The molecule has 0 fully saturated rings. The van der Waals surface area contributed by atoms with Gasteiger partial charge in [-0.3, -0.25) is 0 Å². The monoisotopic (exact) mass is 1110 g/mol. The van der Waals surface area contributed by atoms with E-state index < -0.39 is 56.5 Å². The van der Waals surface area contributed by atoms with Crippen molar-refractivity contribution in [1.82, 2.24) is 0 Å². The number of hydrogen-bond donors (Lipinski definition) is 0. The molecule has 0 N–H and O–H groups in total. The minimum Gasteiger partial charge on any atom is -0.439 e. The van der Waals surface area contributed by atoms with E-state index in [0.29, 0.717) is 106 Å². The maximum atomic E-state index is 6.60. The highest BCUT2D eigenvalue weighted by Gasteiger charge is 2.40. The largest absolute Gasteiger partial charge is 0.439 e. The Hall–Kier alpha value is -0.999. The van der Waals surface area contributed by atoms with Crippen LogP contribution in [0, 0.1) is 10.8 Å². The van der Waals surface area contributed by atoms with Gasteiger partial charge in [0, 0.05) is 6.61 Å². The highest BCUT2D eigenvalue weighted by molar-refractivity contribution is 6.87. The summed E-state index contributed by atoms with van der Waals surface area (Å²) in [7, 11) is -9.61. The van der Waals surface area contributed by atoms with Gasteiger partial charge in [-0.1, -0.05) is 72.2 Å². The van der Waals surface area contributed by atoms with Crippen molar-refractivity contribution >= 4 is 51.1 Å². The van der Waals surface area contributed by atoms with Crippen LogP contribution in [0.15, 0.2) is 88.6 Å². The molecule has 0 saturated carbocycles. The maximum Gasteiger partial charge on any atom is 0.314 e. The molecule has 426 valence electrons. The molecule has 0 unspecified atom stereocenters. The van der Waals surface area contributed by atoms with E-state index in [1.165, 1.54) is 0 Å². The molecule has 0 aromatic heterocycles. The minimum atomic E-state index is -2.20. The first-order chi connectivity index (χ1) is 31.1. The van der Waals surface area contributed by atoms with Gasteiger partial charge in [0.25, 0.3) is 9.28 Å². The Kier molecular flexibility index (Phi) is 56.1. The highest BCUT2D eigenvalue weighted by Crippen LogP contribution is 2.27. The van der Waals surface area contributed by atoms with Crippen LogP contribution in [0.25, 0.3) is 0 Å². The second-order valence-electron chi connectivity index (χ2n) is 20.7. The minimum absolute atomic E-state index is 0. The zero-order valence-electron chi connectivity index (χ0n) is 45.4. The maximum absolute atomic E-state index is 6.60. The summed E-state index contributed by atoms with van der Waals surface area (Å²) in [6.45, 7) is 64.6. The molecule has 0 aromatic carbocycles. The van der Waals surface area contributed by atoms with Crippen molar-refractivity contribution in [3.63, 3.8) is 0 Å². The Morgan fingerprint density at radius 3 is 0.775 bits per heavy atom. The van der Waals surface area contributed by atoms with Gasteiger partial charge in [-0.05, 0) is 111 Å². The Bertz CT molecular complexity index is 1170. The molecule has 18 heteroatoms. The second-order valence-corrected chi connectivity index (χ2v) is 45.0. The number of ether oxygens (including phenoxy) is 8. The molecule has 0 radical (unpaired) electrons. The van der Waals surface area contributed by atoms with Crippen molar-refractivity contribution in [3.8, 4) is 0 Å². The summed E-state index contributed by atoms with van der Waals surface area (Å²) < 4.78 is 71.0. The number of hydrogen-bond acceptors (Lipinski definition) is 12. The van der Waals surface area contributed by atoms with Gasteiger partial charge in [-0.15, -0.1) is 46.1 Å². The van der Waals surface area contributed by atoms with E-state index in [4.69, 9.17) is 54.4 Å². The van der Waals surface area contributed by atoms with E-state index >= 15 is 0 Å². The third-order valence-electron chi connectivity index (χ3n) is 8.17. The van der Waals surface area contributed by atoms with Gasteiger partial charge >= 0.3 is 8.56 Å². The lowest BCUT2D eigenvalue weighted by Crippen LogP contribution is -2.52. The number of unbranched alkanes of at least 4 members (excludes halogenated alkanes) is 1. The summed E-state index contributed by atoms with van der Waals surface area (Å²) in [5.41, 5.74) is -0.780. The van der Waals surface area contributed by atoms with Crippen LogP contribution < -0.4 is 0 Å². The zero-order chi connectivity index (χ0) is 51.9. The quantitative estimate of drug-likeness (QED) is 0.0329. The van der Waals surface area contributed by atoms with Crippen molar-refractivity contribution in [2.24, 2.45) is 10.8 Å². The summed E-state index contributed by atoms with van der Waals surface area (Å²) >= 11 is 0. The molecular formula is C53H118O12Si6. The normalized spacial score (nSPS) is 11.9. The molecule has 0 atom stereocenters. The van der Waals surface area contributed by atoms with Crippen LogP contribution in [0.1, 0.15) is 42.5 Å². The Morgan fingerprint density at radius 1 is 0.352 bits per heavy atom. The predicted octanol–water partition coefficient (Wildman–Crippen LogP) is 14.0. The number of rotatable bonds is 43. The van der Waals surface area contributed by atoms with Gasteiger partial charge in [0.2, 0.25) is 0 Å². The van der Waals surface area contributed by atoms with Crippen molar-refractivity contribution < 1.29 is 54.4 Å². The lowest BCUT2D eigenvalue weighted by molar-refractivity contribution is -0.0977. The Morgan fingerprint density at radius 2 is 0.577 bits per heavy atom. The van der Waals surface area contributed by atoms with Gasteiger partial charge < -0.3 is 54.4 Å². The average molecular weight is 1120 g/mol. The van der Waals surface area contributed by atoms with E-state index in [0.717, 1.165) is 18.9 Å². The smallest absolute Gasteiger partial charge is 0.314 e. The van der Waals surface area contributed by atoms with Gasteiger partial charge in [0.15, 0.2) is 33.3 Å². The van der Waals surface area contributed by atoms with Crippen molar-refractivity contribution in [2.75, 3.05) is 106 Å². The van der Waals surface area contributed by atoms with E-state index in [1.54, 1.807) is 42.5 Å². The summed E-state index contributed by atoms with van der Waals surface area (Å²) in [6, 6.07) is 0.989. The van der Waals surface area contributed by atoms with Gasteiger partial charge in [0.1, 0.15) is 0 Å². The standard InChI is InChI=1S/C25H52O6Si3.C17H28O4.C7H22O2Si3.4CH4/c1-11-16-26-21-25(22-27-17-12-2,23-28-18-13-3)24-29-19-14-15-20-34(10,30-32(4,5)6)31-33(7,8)9;1-5-9-18-13-17(14-19-10-6-2,15-20-11-7-3)16-21-12-8-4;1-10(8-11(2,3)4)9-12(5,6)7;;;;/h11-13H,1-3,14-24H2,4-10H3;5-8H,1-4,9-16H2;10H,1-7H3;4*1H4. The van der Waals surface area contributed by atoms with Crippen LogP contribution in [0.5, 0.6) is 0 Å². The summed E-state index contributed by atoms with van der Waals surface area (Å²) in [5, 5.41) is 0. The Balaban J connectivity index is -0.000000189. The molecule has 12 nitrogen and oxygen atoms in total. The molecule has 0 bridgehead atoms. The van der Waals surface area contributed by atoms with Gasteiger partial charge in [0.05, 0.1) is 110 Å². The molecule has 0 heterocycles. The fourth-order valence-electron chi connectivity index (χ4n) is 6.39. The molecule has 0 aliphatic heterocycles. The summed E-state index contributed by atoms with van der Waals surface area (Å²) in [4.78, 5) is 0. The van der Waals surface area contributed by atoms with Crippen molar-refractivity contribution in [3.05, 3.63) is 88.6 Å². The molecule has 0 spiro atoms. The SMILES string of the molecule is C.C.C.C.C=CCOCC(COCC=C)(COCC=C)COCC=C.C=CCOCC(COCC=C)(COCC=C)COCCCC[Si](C)(O[Si](C)(C)C)O[Si](C)(C)C.C[SiH](O[Si](C)(C)C)O[Si](C)(C)C. The Labute approximate surface area is 448 Å². The lowest BCUT2D eigenvalue weighted by atomic mass is 9.92. The van der Waals surface area contributed by atoms with Crippen LogP contribution >= 0.6 is 0 Å². The average Bonchev–Trinajstić information content (AvgIpc) is 3.17. The van der Waals surface area contributed by atoms with E-state index in [1.807, 2.05) is 0 Å². The van der Waals surface area contributed by atoms with E-state index in [-0.39, 0.29) is 35.1 Å². The summed E-state index contributed by atoms with van der Waals surface area (Å²) in [6.07, 6.45) is 14.1. The summed E-state index contributed by atoms with van der Waals surface area (Å²) in [5.74, 6) is 0. The van der Waals surface area contributed by atoms with E-state index in [2.05, 4.69) is 138 Å². The molecule has 0 amide bonds. The fourth-order valence-corrected chi connectivity index (χ4v) is 27.6. The molecule has 71 heavy (non-hydrogen) atoms. The van der Waals surface area contributed by atoms with Crippen molar-refractivity contribution in [2.45, 2.75) is 140 Å². The highest BCUT2D eigenvalue weighted by atomic mass is 28.5. The third kappa shape index (κ3) is 56.6. The van der Waals surface area contributed by atoms with Crippen LogP contribution in [-0.2, 0) is 54.4 Å². The molecular weight excluding hydrogens is 997 g/mol. The van der Waals surface area contributed by atoms with Gasteiger partial charge in [-0.25, -0.2) is 0 Å². The molecule has 0 rings (SSSR count). The first kappa shape index (κ1) is 84.0. The first-order valence-corrected chi connectivity index (χ1v) is 42.0. The lowest BCUT2D eigenvalue weighted by Gasteiger charge is -2.38. The van der Waals surface area contributed by atoms with Crippen LogP contribution in [0.2, 0.25) is 97.7 Å². The third-order valence-corrected chi connectivity index (χ3v) is 26.1. The van der Waals surface area contributed by atoms with Gasteiger partial charge in [-0.2, -0.15) is 0 Å². The van der Waals surface area contributed by atoms with E-state index in [9.17, 15) is 0 Å². The van der Waals surface area contributed by atoms with Crippen molar-refractivity contribution in [1.29, 1.82) is 0 Å². The molecule has 0 saturated heterocycles. The topological polar surface area (TPSA) is 111 Å². The van der Waals surface area contributed by atoms with Crippen LogP contribution in [0.4, 0.5) is 0 Å². The molecule has 0 aliphatic rings.